The SMILES string of the molecule is CN(C)C(=O)CCC[SH]1C=CC=C1. The number of hydrogen-bond acceptors (Lipinski definition) is 1. The molecule has 0 fully saturated rings. The summed E-state index contributed by atoms with van der Waals surface area (Å²) in [5.74, 6) is 1.39. The van der Waals surface area contributed by atoms with Gasteiger partial charge in [-0.15, -0.1) is 0 Å². The van der Waals surface area contributed by atoms with Gasteiger partial charge in [-0.05, 0) is 23.0 Å². The van der Waals surface area contributed by atoms with Crippen LogP contribution in [0.25, 0.3) is 0 Å². The van der Waals surface area contributed by atoms with Crippen molar-refractivity contribution in [1.29, 1.82) is 0 Å². The summed E-state index contributed by atoms with van der Waals surface area (Å²) in [7, 11) is 3.59. The molecule has 0 N–H and O–H groups in total. The van der Waals surface area contributed by atoms with E-state index in [1.54, 1.807) is 4.90 Å². The first-order valence-corrected chi connectivity index (χ1v) is 6.17. The van der Waals surface area contributed by atoms with Gasteiger partial charge < -0.3 is 4.90 Å². The monoisotopic (exact) mass is 199 g/mol. The molecule has 0 aromatic heterocycles. The molecule has 0 atom stereocenters. The second-order valence-electron chi connectivity index (χ2n) is 3.31. The van der Waals surface area contributed by atoms with E-state index in [-0.39, 0.29) is 16.8 Å². The Hall–Kier alpha value is -0.700. The first-order valence-electron chi connectivity index (χ1n) is 4.51. The van der Waals surface area contributed by atoms with E-state index < -0.39 is 0 Å². The third-order valence-corrected chi connectivity index (χ3v) is 3.91. The summed E-state index contributed by atoms with van der Waals surface area (Å²) in [6, 6.07) is 0. The molecule has 2 nitrogen and oxygen atoms in total. The second kappa shape index (κ2) is 5.12. The highest BCUT2D eigenvalue weighted by Crippen LogP contribution is 2.33. The molecule has 74 valence electrons. The first-order chi connectivity index (χ1) is 6.20. The van der Waals surface area contributed by atoms with Crippen LogP contribution >= 0.6 is 10.9 Å². The maximum Gasteiger partial charge on any atom is 0.222 e. The summed E-state index contributed by atoms with van der Waals surface area (Å²) in [4.78, 5) is 12.9. The van der Waals surface area contributed by atoms with Gasteiger partial charge in [0.15, 0.2) is 0 Å². The fourth-order valence-electron chi connectivity index (χ4n) is 1.16. The molecule has 0 spiro atoms. The van der Waals surface area contributed by atoms with Crippen LogP contribution in [-0.2, 0) is 4.79 Å². The Kier molecular flexibility index (Phi) is 4.09. The van der Waals surface area contributed by atoms with Crippen LogP contribution in [0, 0.1) is 0 Å². The molecule has 0 unspecified atom stereocenters. The minimum Gasteiger partial charge on any atom is -0.349 e. The van der Waals surface area contributed by atoms with Gasteiger partial charge in [-0.3, -0.25) is 4.79 Å². The Labute approximate surface area is 82.7 Å². The van der Waals surface area contributed by atoms with Crippen molar-refractivity contribution in [3.63, 3.8) is 0 Å². The topological polar surface area (TPSA) is 20.3 Å². The Morgan fingerprint density at radius 2 is 1.92 bits per heavy atom. The lowest BCUT2D eigenvalue weighted by atomic mass is 10.3. The van der Waals surface area contributed by atoms with Crippen molar-refractivity contribution in [3.05, 3.63) is 23.0 Å². The van der Waals surface area contributed by atoms with E-state index in [0.29, 0.717) is 6.42 Å². The highest BCUT2D eigenvalue weighted by atomic mass is 32.2. The van der Waals surface area contributed by atoms with Crippen LogP contribution in [0.1, 0.15) is 12.8 Å². The third kappa shape index (κ3) is 3.68. The van der Waals surface area contributed by atoms with Gasteiger partial charge in [0.25, 0.3) is 0 Å². The summed E-state index contributed by atoms with van der Waals surface area (Å²) in [5, 5.41) is 4.49. The van der Waals surface area contributed by atoms with Crippen molar-refractivity contribution in [3.8, 4) is 0 Å². The number of rotatable bonds is 4. The van der Waals surface area contributed by atoms with Gasteiger partial charge in [0, 0.05) is 20.5 Å². The molecular weight excluding hydrogens is 182 g/mol. The molecule has 0 aromatic rings. The number of allylic oxidation sites excluding steroid dienone is 2. The number of carbonyl (C=O) groups is 1. The molecule has 1 amide bonds. The lowest BCUT2D eigenvalue weighted by Gasteiger charge is -2.12. The van der Waals surface area contributed by atoms with Crippen molar-refractivity contribution in [2.45, 2.75) is 12.8 Å². The van der Waals surface area contributed by atoms with E-state index >= 15 is 0 Å². The molecule has 1 rings (SSSR count). The Morgan fingerprint density at radius 3 is 2.46 bits per heavy atom. The van der Waals surface area contributed by atoms with Crippen molar-refractivity contribution in [2.24, 2.45) is 0 Å². The van der Waals surface area contributed by atoms with E-state index in [0.717, 1.165) is 12.2 Å². The molecule has 0 saturated heterocycles. The molecule has 13 heavy (non-hydrogen) atoms. The average molecular weight is 199 g/mol. The van der Waals surface area contributed by atoms with Gasteiger partial charge in [-0.25, -0.2) is 10.9 Å². The largest absolute Gasteiger partial charge is 0.349 e. The molecular formula is C10H17NOS. The van der Waals surface area contributed by atoms with Crippen molar-refractivity contribution in [1.82, 2.24) is 4.90 Å². The summed E-state index contributed by atoms with van der Waals surface area (Å²) in [6.07, 6.45) is 5.89. The highest BCUT2D eigenvalue weighted by Gasteiger charge is 2.04. The fourth-order valence-corrected chi connectivity index (χ4v) is 2.72. The number of amides is 1. The molecule has 0 aliphatic carbocycles. The van der Waals surface area contributed by atoms with E-state index in [1.165, 1.54) is 0 Å². The van der Waals surface area contributed by atoms with E-state index in [1.807, 2.05) is 14.1 Å². The van der Waals surface area contributed by atoms with Crippen molar-refractivity contribution in [2.75, 3.05) is 19.8 Å². The van der Waals surface area contributed by atoms with Crippen LogP contribution in [0.3, 0.4) is 0 Å². The average Bonchev–Trinajstić information content (AvgIpc) is 2.56. The summed E-state index contributed by atoms with van der Waals surface area (Å²) in [6.45, 7) is 0. The summed E-state index contributed by atoms with van der Waals surface area (Å²) < 4.78 is 0. The third-order valence-electron chi connectivity index (χ3n) is 1.97. The van der Waals surface area contributed by atoms with E-state index in [9.17, 15) is 4.79 Å². The Balaban J connectivity index is 2.10. The minimum atomic E-state index is -0.0269. The summed E-state index contributed by atoms with van der Waals surface area (Å²) in [5.41, 5.74) is 0. The Morgan fingerprint density at radius 1 is 1.31 bits per heavy atom. The maximum atomic E-state index is 11.2. The molecule has 0 saturated carbocycles. The van der Waals surface area contributed by atoms with Crippen LogP contribution in [-0.4, -0.2) is 30.7 Å². The molecule has 0 bridgehead atoms. The summed E-state index contributed by atoms with van der Waals surface area (Å²) >= 11 is 0. The van der Waals surface area contributed by atoms with Gasteiger partial charge in [0.1, 0.15) is 0 Å². The standard InChI is InChI=1S/C10H17NOS/c1-11(2)10(12)6-5-9-13-7-3-4-8-13/h3-4,7-8,13H,5-6,9H2,1-2H3. The molecule has 1 aliphatic heterocycles. The van der Waals surface area contributed by atoms with Gasteiger partial charge in [0.05, 0.1) is 0 Å². The molecule has 1 aliphatic rings. The minimum absolute atomic E-state index is 0.0269. The van der Waals surface area contributed by atoms with Gasteiger partial charge in [-0.1, -0.05) is 12.2 Å². The maximum absolute atomic E-state index is 11.2. The highest BCUT2D eigenvalue weighted by molar-refractivity contribution is 8.22. The van der Waals surface area contributed by atoms with E-state index in [4.69, 9.17) is 0 Å². The zero-order valence-corrected chi connectivity index (χ0v) is 9.13. The molecule has 0 aromatic carbocycles. The number of hydrogen-bond donors (Lipinski definition) is 1. The normalized spacial score (nSPS) is 16.6. The van der Waals surface area contributed by atoms with Crippen LogP contribution in [0.4, 0.5) is 0 Å². The van der Waals surface area contributed by atoms with Gasteiger partial charge in [-0.2, -0.15) is 0 Å². The second-order valence-corrected chi connectivity index (χ2v) is 5.38. The van der Waals surface area contributed by atoms with Crippen molar-refractivity contribution >= 4 is 16.8 Å². The molecule has 0 radical (unpaired) electrons. The Bertz CT molecular complexity index is 221. The smallest absolute Gasteiger partial charge is 0.222 e. The van der Waals surface area contributed by atoms with Crippen molar-refractivity contribution < 1.29 is 4.79 Å². The van der Waals surface area contributed by atoms with Crippen LogP contribution in [0.2, 0.25) is 0 Å². The fraction of sp³-hybridized carbons (Fsp3) is 0.500. The predicted molar refractivity (Wildman–Crippen MR) is 60.1 cm³/mol. The first kappa shape index (κ1) is 10.4. The van der Waals surface area contributed by atoms with Crippen LogP contribution < -0.4 is 0 Å². The zero-order chi connectivity index (χ0) is 9.68. The lowest BCUT2D eigenvalue weighted by Crippen LogP contribution is -2.21. The van der Waals surface area contributed by atoms with Gasteiger partial charge >= 0.3 is 0 Å². The van der Waals surface area contributed by atoms with Gasteiger partial charge in [0.2, 0.25) is 5.91 Å². The predicted octanol–water partition coefficient (Wildman–Crippen LogP) is 1.90. The van der Waals surface area contributed by atoms with E-state index in [2.05, 4.69) is 23.0 Å². The number of nitrogens with zero attached hydrogens (tertiary/aromatic N) is 1. The number of carbonyl (C=O) groups excluding carboxylic acids is 1. The lowest BCUT2D eigenvalue weighted by molar-refractivity contribution is -0.128. The molecule has 1 heterocycles. The zero-order valence-electron chi connectivity index (χ0n) is 8.23. The molecule has 3 heteroatoms. The number of thiol groups is 1. The van der Waals surface area contributed by atoms with Crippen LogP contribution in [0.15, 0.2) is 23.0 Å². The quantitative estimate of drug-likeness (QED) is 0.686. The van der Waals surface area contributed by atoms with Crippen LogP contribution in [0.5, 0.6) is 0 Å².